The predicted molar refractivity (Wildman–Crippen MR) is 122 cm³/mol. The van der Waals surface area contributed by atoms with Crippen molar-refractivity contribution in [3.63, 3.8) is 0 Å². The monoisotopic (exact) mass is 438 g/mol. The molecule has 162 valence electrons. The van der Waals surface area contributed by atoms with Gasteiger partial charge in [0, 0.05) is 12.6 Å². The largest absolute Gasteiger partial charge is 0.491 e. The van der Waals surface area contributed by atoms with Gasteiger partial charge in [-0.25, -0.2) is 8.42 Å². The average Bonchev–Trinajstić information content (AvgIpc) is 2.78. The number of benzene rings is 3. The molecule has 7 heteroatoms. The molecule has 0 spiro atoms. The Hall–Kier alpha value is -3.32. The van der Waals surface area contributed by atoms with Crippen LogP contribution < -0.4 is 14.4 Å². The molecule has 31 heavy (non-hydrogen) atoms. The first-order valence-corrected chi connectivity index (χ1v) is 11.4. The Balaban J connectivity index is 1.73. The van der Waals surface area contributed by atoms with Crippen molar-refractivity contribution in [2.45, 2.75) is 24.8 Å². The highest BCUT2D eigenvalue weighted by atomic mass is 32.2. The van der Waals surface area contributed by atoms with Gasteiger partial charge in [0.25, 0.3) is 15.9 Å². The SMILES string of the molecule is Cc1ccc(C(=O)N[C@H](C)COc2ccccc2)cc1N(C)S(=O)(=O)c1ccccc1. The van der Waals surface area contributed by atoms with E-state index in [1.807, 2.05) is 44.2 Å². The molecule has 3 rings (SSSR count). The second-order valence-electron chi connectivity index (χ2n) is 7.29. The molecular formula is C24H26N2O4S. The summed E-state index contributed by atoms with van der Waals surface area (Å²) in [4.78, 5) is 12.9. The van der Waals surface area contributed by atoms with Crippen molar-refractivity contribution in [3.8, 4) is 5.75 Å². The summed E-state index contributed by atoms with van der Waals surface area (Å²) in [5.74, 6) is 0.435. The van der Waals surface area contributed by atoms with Gasteiger partial charge in [-0.2, -0.15) is 0 Å². The van der Waals surface area contributed by atoms with Crippen LogP contribution in [0.3, 0.4) is 0 Å². The number of carbonyl (C=O) groups is 1. The van der Waals surface area contributed by atoms with Crippen LogP contribution in [0.1, 0.15) is 22.8 Å². The van der Waals surface area contributed by atoms with Gasteiger partial charge >= 0.3 is 0 Å². The Morgan fingerprint density at radius 2 is 1.61 bits per heavy atom. The van der Waals surface area contributed by atoms with Crippen LogP contribution in [0.5, 0.6) is 5.75 Å². The van der Waals surface area contributed by atoms with Crippen molar-refractivity contribution in [1.82, 2.24) is 5.32 Å². The fraction of sp³-hybridized carbons (Fsp3) is 0.208. The third kappa shape index (κ3) is 5.44. The molecule has 0 unspecified atom stereocenters. The normalized spacial score (nSPS) is 12.1. The maximum atomic E-state index is 13.0. The van der Waals surface area contributed by atoms with E-state index in [2.05, 4.69) is 5.32 Å². The average molecular weight is 439 g/mol. The minimum atomic E-state index is -3.74. The van der Waals surface area contributed by atoms with Gasteiger partial charge in [0.1, 0.15) is 12.4 Å². The first kappa shape index (κ1) is 22.4. The summed E-state index contributed by atoms with van der Waals surface area (Å²) in [5, 5.41) is 2.89. The molecule has 1 amide bonds. The van der Waals surface area contributed by atoms with Crippen LogP contribution in [0.2, 0.25) is 0 Å². The van der Waals surface area contributed by atoms with Gasteiger partial charge < -0.3 is 10.1 Å². The molecule has 1 N–H and O–H groups in total. The smallest absolute Gasteiger partial charge is 0.264 e. The maximum Gasteiger partial charge on any atom is 0.264 e. The van der Waals surface area contributed by atoms with Crippen LogP contribution in [0.25, 0.3) is 0 Å². The molecule has 0 aliphatic rings. The lowest BCUT2D eigenvalue weighted by Gasteiger charge is -2.22. The summed E-state index contributed by atoms with van der Waals surface area (Å²) in [6.07, 6.45) is 0. The van der Waals surface area contributed by atoms with Crippen molar-refractivity contribution in [2.75, 3.05) is 18.0 Å². The lowest BCUT2D eigenvalue weighted by atomic mass is 10.1. The molecule has 3 aromatic rings. The van der Waals surface area contributed by atoms with E-state index >= 15 is 0 Å². The van der Waals surface area contributed by atoms with E-state index < -0.39 is 10.0 Å². The Bertz CT molecular complexity index is 1130. The summed E-state index contributed by atoms with van der Waals surface area (Å²) < 4.78 is 32.8. The van der Waals surface area contributed by atoms with Gasteiger partial charge in [-0.05, 0) is 55.8 Å². The van der Waals surface area contributed by atoms with Crippen LogP contribution in [0, 0.1) is 6.92 Å². The Labute approximate surface area is 183 Å². The third-order valence-corrected chi connectivity index (χ3v) is 6.62. The second kappa shape index (κ2) is 9.66. The standard InChI is InChI=1S/C24H26N2O4S/c1-18-14-15-20(24(27)25-19(2)17-30-21-10-6-4-7-11-21)16-23(18)26(3)31(28,29)22-12-8-5-9-13-22/h4-16,19H,17H2,1-3H3,(H,25,27)/t19-/m1/s1. The van der Waals surface area contributed by atoms with E-state index in [4.69, 9.17) is 4.74 Å². The van der Waals surface area contributed by atoms with Gasteiger partial charge in [0.05, 0.1) is 16.6 Å². The minimum absolute atomic E-state index is 0.193. The maximum absolute atomic E-state index is 13.0. The molecule has 0 aliphatic heterocycles. The van der Waals surface area contributed by atoms with Crippen molar-refractivity contribution in [1.29, 1.82) is 0 Å². The summed E-state index contributed by atoms with van der Waals surface area (Å²) >= 11 is 0. The number of rotatable bonds is 8. The number of nitrogens with one attached hydrogen (secondary N) is 1. The summed E-state index contributed by atoms with van der Waals surface area (Å²) in [5.41, 5.74) is 1.57. The van der Waals surface area contributed by atoms with Crippen LogP contribution in [0.4, 0.5) is 5.69 Å². The predicted octanol–water partition coefficient (Wildman–Crippen LogP) is 4.02. The van der Waals surface area contributed by atoms with Crippen LogP contribution >= 0.6 is 0 Å². The van der Waals surface area contributed by atoms with E-state index in [1.165, 1.54) is 11.4 Å². The molecule has 0 saturated heterocycles. The number of para-hydroxylation sites is 1. The van der Waals surface area contributed by atoms with E-state index in [9.17, 15) is 13.2 Å². The first-order valence-electron chi connectivity index (χ1n) is 9.92. The van der Waals surface area contributed by atoms with Gasteiger partial charge in [-0.15, -0.1) is 0 Å². The highest BCUT2D eigenvalue weighted by Gasteiger charge is 2.23. The molecular weight excluding hydrogens is 412 g/mol. The Morgan fingerprint density at radius 3 is 2.26 bits per heavy atom. The fourth-order valence-electron chi connectivity index (χ4n) is 3.06. The van der Waals surface area contributed by atoms with Crippen molar-refractivity contribution >= 4 is 21.6 Å². The number of ether oxygens (including phenoxy) is 1. The number of hydrogen-bond acceptors (Lipinski definition) is 4. The van der Waals surface area contributed by atoms with Crippen molar-refractivity contribution in [3.05, 3.63) is 90.0 Å². The topological polar surface area (TPSA) is 75.7 Å². The van der Waals surface area contributed by atoms with Gasteiger partial charge in [-0.1, -0.05) is 42.5 Å². The summed E-state index contributed by atoms with van der Waals surface area (Å²) in [6.45, 7) is 3.98. The van der Waals surface area contributed by atoms with Crippen molar-refractivity contribution in [2.24, 2.45) is 0 Å². The zero-order valence-electron chi connectivity index (χ0n) is 17.8. The Morgan fingerprint density at radius 1 is 1.00 bits per heavy atom. The number of amides is 1. The highest BCUT2D eigenvalue weighted by molar-refractivity contribution is 7.92. The third-order valence-electron chi connectivity index (χ3n) is 4.83. The number of carbonyl (C=O) groups excluding carboxylic acids is 1. The lowest BCUT2D eigenvalue weighted by Crippen LogP contribution is -2.37. The number of nitrogens with zero attached hydrogens (tertiary/aromatic N) is 1. The number of anilines is 1. The Kier molecular flexibility index (Phi) is 6.97. The van der Waals surface area contributed by atoms with Crippen LogP contribution in [-0.4, -0.2) is 34.0 Å². The molecule has 6 nitrogen and oxygen atoms in total. The molecule has 1 atom stereocenters. The number of aryl methyl sites for hydroxylation is 1. The molecule has 0 saturated carbocycles. The van der Waals surface area contributed by atoms with Crippen LogP contribution in [-0.2, 0) is 10.0 Å². The molecule has 0 heterocycles. The lowest BCUT2D eigenvalue weighted by molar-refractivity contribution is 0.0926. The molecule has 0 radical (unpaired) electrons. The summed E-state index contributed by atoms with van der Waals surface area (Å²) in [6, 6.07) is 22.4. The number of hydrogen-bond donors (Lipinski definition) is 1. The zero-order chi connectivity index (χ0) is 22.4. The molecule has 0 aliphatic carbocycles. The minimum Gasteiger partial charge on any atom is -0.491 e. The zero-order valence-corrected chi connectivity index (χ0v) is 18.6. The molecule has 0 bridgehead atoms. The molecule has 0 fully saturated rings. The van der Waals surface area contributed by atoms with E-state index in [-0.39, 0.29) is 16.8 Å². The molecule has 0 aromatic heterocycles. The summed E-state index contributed by atoms with van der Waals surface area (Å²) in [7, 11) is -2.25. The quantitative estimate of drug-likeness (QED) is 0.576. The molecule has 3 aromatic carbocycles. The van der Waals surface area contributed by atoms with E-state index in [1.54, 1.807) is 48.5 Å². The van der Waals surface area contributed by atoms with Gasteiger partial charge in [-0.3, -0.25) is 9.10 Å². The highest BCUT2D eigenvalue weighted by Crippen LogP contribution is 2.26. The van der Waals surface area contributed by atoms with Crippen molar-refractivity contribution < 1.29 is 17.9 Å². The fourth-order valence-corrected chi connectivity index (χ4v) is 4.33. The second-order valence-corrected chi connectivity index (χ2v) is 9.25. The van der Waals surface area contributed by atoms with Gasteiger partial charge in [0.15, 0.2) is 0 Å². The van der Waals surface area contributed by atoms with E-state index in [0.29, 0.717) is 17.9 Å². The first-order chi connectivity index (χ1) is 14.8. The van der Waals surface area contributed by atoms with Gasteiger partial charge in [0.2, 0.25) is 0 Å². The number of sulfonamides is 1. The van der Waals surface area contributed by atoms with Crippen LogP contribution in [0.15, 0.2) is 83.8 Å². The van der Waals surface area contributed by atoms with E-state index in [0.717, 1.165) is 11.3 Å².